The van der Waals surface area contributed by atoms with Crippen molar-refractivity contribution >= 4 is 40.9 Å². The Kier molecular flexibility index (Phi) is 6.55. The first-order valence-electron chi connectivity index (χ1n) is 7.79. The number of aromatic nitrogens is 2. The maximum absolute atomic E-state index is 12.0. The lowest BCUT2D eigenvalue weighted by atomic mass is 10.2. The van der Waals surface area contributed by atoms with Crippen molar-refractivity contribution in [1.82, 2.24) is 15.5 Å². The Morgan fingerprint density at radius 1 is 1.08 bits per heavy atom. The summed E-state index contributed by atoms with van der Waals surface area (Å²) in [5, 5.41) is 7.87. The van der Waals surface area contributed by atoms with E-state index in [0.717, 1.165) is 11.1 Å². The Morgan fingerprint density at radius 3 is 2.54 bits per heavy atom. The normalized spacial score (nSPS) is 10.7. The van der Waals surface area contributed by atoms with Crippen molar-refractivity contribution in [2.75, 3.05) is 5.75 Å². The first kappa shape index (κ1) is 18.8. The summed E-state index contributed by atoms with van der Waals surface area (Å²) >= 11 is 13.7. The van der Waals surface area contributed by atoms with Gasteiger partial charge in [-0.3, -0.25) is 4.79 Å². The Bertz CT molecular complexity index is 867. The van der Waals surface area contributed by atoms with Crippen LogP contribution in [0.1, 0.15) is 11.5 Å². The molecule has 0 aliphatic rings. The van der Waals surface area contributed by atoms with Gasteiger partial charge in [0.05, 0.1) is 12.3 Å². The van der Waals surface area contributed by atoms with Crippen LogP contribution in [0.5, 0.6) is 0 Å². The van der Waals surface area contributed by atoms with E-state index in [1.165, 1.54) is 11.8 Å². The number of nitrogens with one attached hydrogen (secondary N) is 1. The fourth-order valence-corrected chi connectivity index (χ4v) is 3.77. The van der Waals surface area contributed by atoms with Gasteiger partial charge in [-0.05, 0) is 17.7 Å². The highest BCUT2D eigenvalue weighted by molar-refractivity contribution is 7.99. The van der Waals surface area contributed by atoms with Crippen molar-refractivity contribution in [3.63, 3.8) is 0 Å². The molecule has 3 rings (SSSR count). The smallest absolute Gasteiger partial charge is 0.246 e. The third-order valence-corrected chi connectivity index (χ3v) is 5.15. The number of hydrogen-bond acceptors (Lipinski definition) is 5. The van der Waals surface area contributed by atoms with Crippen LogP contribution in [-0.2, 0) is 17.1 Å². The van der Waals surface area contributed by atoms with E-state index in [9.17, 15) is 4.79 Å². The van der Waals surface area contributed by atoms with E-state index in [0.29, 0.717) is 27.5 Å². The maximum Gasteiger partial charge on any atom is 0.246 e. The van der Waals surface area contributed by atoms with Crippen molar-refractivity contribution < 1.29 is 9.32 Å². The van der Waals surface area contributed by atoms with Gasteiger partial charge in [0.1, 0.15) is 0 Å². The minimum absolute atomic E-state index is 0.127. The lowest BCUT2D eigenvalue weighted by molar-refractivity contribution is -0.118. The summed E-state index contributed by atoms with van der Waals surface area (Å²) in [7, 11) is 0. The first-order chi connectivity index (χ1) is 12.6. The molecule has 0 spiro atoms. The zero-order chi connectivity index (χ0) is 18.4. The third-order valence-electron chi connectivity index (χ3n) is 3.48. The average Bonchev–Trinajstić information content (AvgIpc) is 3.12. The molecule has 0 aliphatic heterocycles. The maximum atomic E-state index is 12.0. The number of rotatable bonds is 7. The summed E-state index contributed by atoms with van der Waals surface area (Å²) in [6, 6.07) is 14.9. The standard InChI is InChI=1S/C18H15Cl2N3O2S/c19-14-7-4-8-15(20)13(14)10-26-11-16(24)21-9-17-22-18(23-25-17)12-5-2-1-3-6-12/h1-8H,9-11H2,(H,21,24). The summed E-state index contributed by atoms with van der Waals surface area (Å²) in [4.78, 5) is 16.2. The summed E-state index contributed by atoms with van der Waals surface area (Å²) in [6.45, 7) is 0.187. The van der Waals surface area contributed by atoms with Crippen LogP contribution in [0.15, 0.2) is 53.1 Å². The van der Waals surface area contributed by atoms with Gasteiger partial charge < -0.3 is 9.84 Å². The summed E-state index contributed by atoms with van der Waals surface area (Å²) in [6.07, 6.45) is 0. The Balaban J connectivity index is 1.45. The van der Waals surface area contributed by atoms with Crippen LogP contribution in [0.2, 0.25) is 10.0 Å². The molecule has 0 atom stereocenters. The molecule has 0 radical (unpaired) electrons. The van der Waals surface area contributed by atoms with Gasteiger partial charge in [0.15, 0.2) is 0 Å². The SMILES string of the molecule is O=C(CSCc1c(Cl)cccc1Cl)NCc1nc(-c2ccccc2)no1. The van der Waals surface area contributed by atoms with E-state index in [1.807, 2.05) is 30.3 Å². The molecule has 8 heteroatoms. The van der Waals surface area contributed by atoms with Crippen LogP contribution < -0.4 is 5.32 Å². The van der Waals surface area contributed by atoms with Crippen LogP contribution in [0.25, 0.3) is 11.4 Å². The number of carbonyl (C=O) groups is 1. The largest absolute Gasteiger partial charge is 0.346 e. The molecule has 0 saturated heterocycles. The fraction of sp³-hybridized carbons (Fsp3) is 0.167. The number of nitrogens with zero attached hydrogens (tertiary/aromatic N) is 2. The minimum Gasteiger partial charge on any atom is -0.346 e. The average molecular weight is 408 g/mol. The molecule has 0 saturated carbocycles. The Labute approximate surface area is 165 Å². The zero-order valence-corrected chi connectivity index (χ0v) is 15.9. The van der Waals surface area contributed by atoms with Crippen LogP contribution in [0.3, 0.4) is 0 Å². The van der Waals surface area contributed by atoms with E-state index >= 15 is 0 Å². The molecule has 2 aromatic carbocycles. The predicted octanol–water partition coefficient (Wildman–Crippen LogP) is 4.59. The highest BCUT2D eigenvalue weighted by atomic mass is 35.5. The van der Waals surface area contributed by atoms with Crippen molar-refractivity contribution in [2.45, 2.75) is 12.3 Å². The van der Waals surface area contributed by atoms with Crippen molar-refractivity contribution in [3.05, 3.63) is 70.0 Å². The molecule has 0 fully saturated rings. The van der Waals surface area contributed by atoms with Crippen LogP contribution in [-0.4, -0.2) is 21.8 Å². The molecule has 1 aromatic heterocycles. The third kappa shape index (κ3) is 5.00. The molecule has 1 heterocycles. The highest BCUT2D eigenvalue weighted by Crippen LogP contribution is 2.28. The van der Waals surface area contributed by atoms with Crippen LogP contribution >= 0.6 is 35.0 Å². The molecule has 0 unspecified atom stereocenters. The van der Waals surface area contributed by atoms with E-state index in [1.54, 1.807) is 18.2 Å². The van der Waals surface area contributed by atoms with Gasteiger partial charge in [0, 0.05) is 21.4 Å². The van der Waals surface area contributed by atoms with Gasteiger partial charge in [-0.15, -0.1) is 11.8 Å². The lowest BCUT2D eigenvalue weighted by Crippen LogP contribution is -2.24. The topological polar surface area (TPSA) is 68.0 Å². The van der Waals surface area contributed by atoms with E-state index in [4.69, 9.17) is 27.7 Å². The van der Waals surface area contributed by atoms with Crippen molar-refractivity contribution in [2.24, 2.45) is 0 Å². The lowest BCUT2D eigenvalue weighted by Gasteiger charge is -2.06. The first-order valence-corrected chi connectivity index (χ1v) is 9.70. The van der Waals surface area contributed by atoms with E-state index in [-0.39, 0.29) is 18.2 Å². The number of amides is 1. The summed E-state index contributed by atoms with van der Waals surface area (Å²) in [5.74, 6) is 1.57. The molecule has 3 aromatic rings. The summed E-state index contributed by atoms with van der Waals surface area (Å²) < 4.78 is 5.16. The minimum atomic E-state index is -0.127. The molecule has 0 aliphatic carbocycles. The van der Waals surface area contributed by atoms with Gasteiger partial charge in [-0.1, -0.05) is 64.8 Å². The number of carbonyl (C=O) groups excluding carboxylic acids is 1. The zero-order valence-electron chi connectivity index (χ0n) is 13.6. The predicted molar refractivity (Wildman–Crippen MR) is 104 cm³/mol. The van der Waals surface area contributed by atoms with Gasteiger partial charge in [0.25, 0.3) is 0 Å². The molecule has 26 heavy (non-hydrogen) atoms. The number of halogens is 2. The van der Waals surface area contributed by atoms with Crippen molar-refractivity contribution in [1.29, 1.82) is 0 Å². The molecule has 1 N–H and O–H groups in total. The fourth-order valence-electron chi connectivity index (χ4n) is 2.17. The molecular weight excluding hydrogens is 393 g/mol. The van der Waals surface area contributed by atoms with Gasteiger partial charge >= 0.3 is 0 Å². The Hall–Kier alpha value is -2.02. The molecule has 0 bridgehead atoms. The van der Waals surface area contributed by atoms with Crippen LogP contribution in [0.4, 0.5) is 0 Å². The molecule has 134 valence electrons. The number of hydrogen-bond donors (Lipinski definition) is 1. The molecule has 1 amide bonds. The van der Waals surface area contributed by atoms with Crippen molar-refractivity contribution in [3.8, 4) is 11.4 Å². The molecule has 5 nitrogen and oxygen atoms in total. The summed E-state index contributed by atoms with van der Waals surface area (Å²) in [5.41, 5.74) is 1.69. The highest BCUT2D eigenvalue weighted by Gasteiger charge is 2.11. The quantitative estimate of drug-likeness (QED) is 0.619. The second-order valence-corrected chi connectivity index (χ2v) is 7.15. The Morgan fingerprint density at radius 2 is 1.81 bits per heavy atom. The van der Waals surface area contributed by atoms with Crippen LogP contribution in [0, 0.1) is 0 Å². The van der Waals surface area contributed by atoms with E-state index in [2.05, 4.69) is 15.5 Å². The monoisotopic (exact) mass is 407 g/mol. The van der Waals surface area contributed by atoms with Gasteiger partial charge in [-0.2, -0.15) is 4.98 Å². The second-order valence-electron chi connectivity index (χ2n) is 5.35. The number of benzene rings is 2. The van der Waals surface area contributed by atoms with Gasteiger partial charge in [-0.25, -0.2) is 0 Å². The van der Waals surface area contributed by atoms with E-state index < -0.39 is 0 Å². The van der Waals surface area contributed by atoms with Gasteiger partial charge in [0.2, 0.25) is 17.6 Å². The number of thioether (sulfide) groups is 1. The second kappa shape index (κ2) is 9.07. The molecular formula is C18H15Cl2N3O2S.